The maximum absolute atomic E-state index is 12.2. The lowest BCUT2D eigenvalue weighted by molar-refractivity contribution is 0.402. The van der Waals surface area contributed by atoms with Crippen molar-refractivity contribution in [2.45, 2.75) is 25.3 Å². The third kappa shape index (κ3) is 4.65. The van der Waals surface area contributed by atoms with Crippen LogP contribution in [-0.4, -0.2) is 31.3 Å². The van der Waals surface area contributed by atoms with Crippen molar-refractivity contribution in [1.82, 2.24) is 9.55 Å². The number of rotatable bonds is 6. The van der Waals surface area contributed by atoms with Gasteiger partial charge in [0, 0.05) is 11.9 Å². The van der Waals surface area contributed by atoms with Crippen molar-refractivity contribution in [1.29, 1.82) is 0 Å². The molecule has 29 heavy (non-hydrogen) atoms. The number of aryl methyl sites for hydroxylation is 2. The number of anilines is 2. The zero-order chi connectivity index (χ0) is 21.2. The van der Waals surface area contributed by atoms with Gasteiger partial charge in [-0.2, -0.15) is 4.98 Å². The summed E-state index contributed by atoms with van der Waals surface area (Å²) < 4.78 is 31.1. The predicted molar refractivity (Wildman–Crippen MR) is 113 cm³/mol. The number of hydrogen-bond donors (Lipinski definition) is 1. The molecule has 0 atom stereocenters. The van der Waals surface area contributed by atoms with E-state index in [0.29, 0.717) is 23.7 Å². The number of nitrogens with zero attached hydrogens (tertiary/aromatic N) is 2. The van der Waals surface area contributed by atoms with Crippen molar-refractivity contribution in [3.63, 3.8) is 0 Å². The molecule has 152 valence electrons. The van der Waals surface area contributed by atoms with Gasteiger partial charge in [0.25, 0.3) is 0 Å². The first-order valence-electron chi connectivity index (χ1n) is 8.97. The topological polar surface area (TPSA) is 90.3 Å². The minimum atomic E-state index is -3.39. The molecule has 3 rings (SSSR count). The lowest BCUT2D eigenvalue weighted by atomic mass is 10.1. The summed E-state index contributed by atoms with van der Waals surface area (Å²) in [6.45, 7) is 4.07. The van der Waals surface area contributed by atoms with Crippen LogP contribution in [0.1, 0.15) is 16.7 Å². The smallest absolute Gasteiger partial charge is 0.316 e. The van der Waals surface area contributed by atoms with Gasteiger partial charge in [0.1, 0.15) is 0 Å². The van der Waals surface area contributed by atoms with Crippen molar-refractivity contribution < 1.29 is 13.2 Å². The van der Waals surface area contributed by atoms with Gasteiger partial charge in [-0.15, -0.1) is 0 Å². The van der Waals surface area contributed by atoms with E-state index in [2.05, 4.69) is 10.3 Å². The van der Waals surface area contributed by atoms with E-state index in [4.69, 9.17) is 4.74 Å². The van der Waals surface area contributed by atoms with E-state index < -0.39 is 15.4 Å². The summed E-state index contributed by atoms with van der Waals surface area (Å²) in [6, 6.07) is 13.1. The Balaban J connectivity index is 2.09. The molecule has 0 saturated carbocycles. The van der Waals surface area contributed by atoms with E-state index >= 15 is 0 Å². The third-order valence-corrected chi connectivity index (χ3v) is 5.79. The molecular formula is C21H23N3O4S. The quantitative estimate of drug-likeness (QED) is 0.668. The monoisotopic (exact) mass is 413 g/mol. The van der Waals surface area contributed by atoms with Gasteiger partial charge in [0.2, 0.25) is 11.7 Å². The Kier molecular flexibility index (Phi) is 5.74. The largest absolute Gasteiger partial charge is 0.490 e. The van der Waals surface area contributed by atoms with Crippen molar-refractivity contribution in [3.8, 4) is 5.75 Å². The highest BCUT2D eigenvalue weighted by Gasteiger charge is 2.16. The normalized spacial score (nSPS) is 11.3. The number of ether oxygens (including phenoxy) is 1. The lowest BCUT2D eigenvalue weighted by Crippen LogP contribution is -2.19. The van der Waals surface area contributed by atoms with E-state index in [0.717, 1.165) is 11.1 Å². The standard InChI is InChI=1S/C21H23N3O4S/c1-14-10-15(2)19(29(4,26)27)11-17(14)22-21-23-20(25)18(28-3)13-24(21)12-16-8-6-5-7-9-16/h5-11,13H,12H2,1-4H3,(H,22,23,25). The Morgan fingerprint density at radius 1 is 1.10 bits per heavy atom. The van der Waals surface area contributed by atoms with Crippen LogP contribution in [0.4, 0.5) is 11.6 Å². The maximum atomic E-state index is 12.2. The second kappa shape index (κ2) is 8.08. The molecular weight excluding hydrogens is 390 g/mol. The summed E-state index contributed by atoms with van der Waals surface area (Å²) in [6.07, 6.45) is 2.76. The molecule has 3 aromatic rings. The minimum Gasteiger partial charge on any atom is -0.490 e. The molecule has 7 nitrogen and oxygen atoms in total. The molecule has 2 aromatic carbocycles. The van der Waals surface area contributed by atoms with E-state index in [9.17, 15) is 13.2 Å². The Morgan fingerprint density at radius 2 is 1.79 bits per heavy atom. The molecule has 1 heterocycles. The number of nitrogens with one attached hydrogen (secondary N) is 1. The summed E-state index contributed by atoms with van der Waals surface area (Å²) in [5.74, 6) is 0.426. The van der Waals surface area contributed by atoms with Gasteiger partial charge in [-0.25, -0.2) is 8.42 Å². The van der Waals surface area contributed by atoms with Crippen LogP contribution in [0.3, 0.4) is 0 Å². The second-order valence-corrected chi connectivity index (χ2v) is 8.87. The first-order chi connectivity index (χ1) is 13.7. The average Bonchev–Trinajstić information content (AvgIpc) is 2.65. The number of benzene rings is 2. The van der Waals surface area contributed by atoms with Crippen molar-refractivity contribution in [2.75, 3.05) is 18.7 Å². The average molecular weight is 413 g/mol. The van der Waals surface area contributed by atoms with Crippen LogP contribution in [0.2, 0.25) is 0 Å². The summed E-state index contributed by atoms with van der Waals surface area (Å²) >= 11 is 0. The number of sulfone groups is 1. The van der Waals surface area contributed by atoms with Crippen LogP contribution < -0.4 is 15.6 Å². The summed E-state index contributed by atoms with van der Waals surface area (Å²) in [5.41, 5.74) is 2.58. The van der Waals surface area contributed by atoms with E-state index in [1.54, 1.807) is 29.8 Å². The first-order valence-corrected chi connectivity index (χ1v) is 10.9. The number of aromatic nitrogens is 2. The van der Waals surface area contributed by atoms with E-state index in [-0.39, 0.29) is 10.6 Å². The fourth-order valence-electron chi connectivity index (χ4n) is 3.10. The van der Waals surface area contributed by atoms with Crippen molar-refractivity contribution in [2.24, 2.45) is 0 Å². The van der Waals surface area contributed by atoms with Gasteiger partial charge in [0.15, 0.2) is 9.84 Å². The molecule has 1 aromatic heterocycles. The molecule has 0 fully saturated rings. The minimum absolute atomic E-state index is 0.129. The van der Waals surface area contributed by atoms with Crippen LogP contribution in [0.5, 0.6) is 5.75 Å². The SMILES string of the molecule is COc1cn(Cc2ccccc2)c(Nc2cc(S(C)(=O)=O)c(C)cc2C)nc1=O. The zero-order valence-corrected chi connectivity index (χ0v) is 17.6. The molecule has 0 aliphatic heterocycles. The van der Waals surface area contributed by atoms with E-state index in [1.807, 2.05) is 37.3 Å². The van der Waals surface area contributed by atoms with Gasteiger partial charge < -0.3 is 14.6 Å². The van der Waals surface area contributed by atoms with Crippen molar-refractivity contribution >= 4 is 21.5 Å². The third-order valence-electron chi connectivity index (χ3n) is 4.55. The fraction of sp³-hybridized carbons (Fsp3) is 0.238. The predicted octanol–water partition coefficient (Wildman–Crippen LogP) is 3.06. The van der Waals surface area contributed by atoms with Crippen LogP contribution in [-0.2, 0) is 16.4 Å². The van der Waals surface area contributed by atoms with Gasteiger partial charge in [-0.3, -0.25) is 4.79 Å². The highest BCUT2D eigenvalue weighted by molar-refractivity contribution is 7.90. The molecule has 8 heteroatoms. The lowest BCUT2D eigenvalue weighted by Gasteiger charge is -2.17. The molecule has 0 amide bonds. The Hall–Kier alpha value is -3.13. The molecule has 0 bridgehead atoms. The molecule has 1 N–H and O–H groups in total. The summed E-state index contributed by atoms with van der Waals surface area (Å²) in [4.78, 5) is 16.6. The number of methoxy groups -OCH3 is 1. The van der Waals surface area contributed by atoms with Gasteiger partial charge in [-0.05, 0) is 36.6 Å². The first kappa shape index (κ1) is 20.6. The van der Waals surface area contributed by atoms with Gasteiger partial charge >= 0.3 is 5.56 Å². The Morgan fingerprint density at radius 3 is 2.41 bits per heavy atom. The molecule has 0 aliphatic carbocycles. The van der Waals surface area contributed by atoms with E-state index in [1.165, 1.54) is 13.4 Å². The summed E-state index contributed by atoms with van der Waals surface area (Å²) in [5, 5.41) is 3.12. The van der Waals surface area contributed by atoms with Gasteiger partial charge in [-0.1, -0.05) is 36.4 Å². The second-order valence-electron chi connectivity index (χ2n) is 6.88. The maximum Gasteiger partial charge on any atom is 0.316 e. The highest BCUT2D eigenvalue weighted by Crippen LogP contribution is 2.27. The Bertz CT molecular complexity index is 1200. The number of hydrogen-bond acceptors (Lipinski definition) is 6. The van der Waals surface area contributed by atoms with Crippen LogP contribution in [0, 0.1) is 13.8 Å². The highest BCUT2D eigenvalue weighted by atomic mass is 32.2. The zero-order valence-electron chi connectivity index (χ0n) is 16.8. The molecule has 0 saturated heterocycles. The summed E-state index contributed by atoms with van der Waals surface area (Å²) in [7, 11) is -1.97. The molecule has 0 radical (unpaired) electrons. The van der Waals surface area contributed by atoms with Crippen molar-refractivity contribution in [3.05, 3.63) is 75.7 Å². The van der Waals surface area contributed by atoms with Crippen LogP contribution in [0.15, 0.2) is 58.4 Å². The van der Waals surface area contributed by atoms with Crippen LogP contribution in [0.25, 0.3) is 0 Å². The molecule has 0 unspecified atom stereocenters. The van der Waals surface area contributed by atoms with Crippen LogP contribution >= 0.6 is 0 Å². The fourth-order valence-corrected chi connectivity index (χ4v) is 4.08. The Labute approximate surface area is 169 Å². The molecule has 0 spiro atoms. The molecule has 0 aliphatic rings. The van der Waals surface area contributed by atoms with Gasteiger partial charge in [0.05, 0.1) is 24.7 Å².